The third-order valence-electron chi connectivity index (χ3n) is 6.22. The zero-order chi connectivity index (χ0) is 28.9. The number of halogens is 2. The van der Waals surface area contributed by atoms with Gasteiger partial charge in [0.25, 0.3) is 11.8 Å². The summed E-state index contributed by atoms with van der Waals surface area (Å²) in [5.74, 6) is -2.39. The van der Waals surface area contributed by atoms with Gasteiger partial charge in [0.2, 0.25) is 0 Å². The topological polar surface area (TPSA) is 110 Å². The molecule has 3 N–H and O–H groups in total. The molecule has 11 heteroatoms. The first-order valence-electron chi connectivity index (χ1n) is 12.4. The molecule has 3 aromatic heterocycles. The number of fused-ring (bicyclic) bond motifs is 1. The molecule has 9 nitrogen and oxygen atoms in total. The number of nitrogens with one attached hydrogen (secondary N) is 3. The number of hydrogen-bond donors (Lipinski definition) is 3. The standard InChI is InChI=1S/C30H24F2N6O3/c1-18(33-2)27(29(39)36-21-5-3-20(31)4-6-21)30(40)37-22-7-8-25(24(32)17-22)41-26-11-15-35-38-16-12-23(28(26)38)19-9-13-34-14-10-19/h3-17,33H,1-2H3,(H,36,39)(H,37,40)/b27-18+. The van der Waals surface area contributed by atoms with Crippen molar-refractivity contribution in [1.29, 1.82) is 0 Å². The second kappa shape index (κ2) is 11.7. The summed E-state index contributed by atoms with van der Waals surface area (Å²) >= 11 is 0. The molecule has 3 heterocycles. The molecule has 0 unspecified atom stereocenters. The molecule has 0 aliphatic heterocycles. The summed E-state index contributed by atoms with van der Waals surface area (Å²) in [7, 11) is 1.56. The van der Waals surface area contributed by atoms with E-state index in [2.05, 4.69) is 26.0 Å². The number of benzene rings is 2. The van der Waals surface area contributed by atoms with Gasteiger partial charge in [0.05, 0.1) is 6.20 Å². The van der Waals surface area contributed by atoms with Crippen molar-refractivity contribution in [2.75, 3.05) is 17.7 Å². The molecule has 41 heavy (non-hydrogen) atoms. The fraction of sp³-hybridized carbons (Fsp3) is 0.0667. The van der Waals surface area contributed by atoms with Crippen LogP contribution in [0.15, 0.2) is 103 Å². The Labute approximate surface area is 233 Å². The molecular weight excluding hydrogens is 530 g/mol. The molecule has 0 spiro atoms. The van der Waals surface area contributed by atoms with Crippen LogP contribution in [0.5, 0.6) is 11.5 Å². The van der Waals surface area contributed by atoms with Crippen molar-refractivity contribution in [3.63, 3.8) is 0 Å². The smallest absolute Gasteiger partial charge is 0.263 e. The maximum atomic E-state index is 15.2. The van der Waals surface area contributed by atoms with E-state index in [1.165, 1.54) is 36.4 Å². The zero-order valence-corrected chi connectivity index (χ0v) is 22.0. The maximum absolute atomic E-state index is 15.2. The van der Waals surface area contributed by atoms with Gasteiger partial charge in [-0.15, -0.1) is 0 Å². The van der Waals surface area contributed by atoms with Crippen molar-refractivity contribution in [1.82, 2.24) is 19.9 Å². The van der Waals surface area contributed by atoms with Crippen LogP contribution >= 0.6 is 0 Å². The minimum Gasteiger partial charge on any atom is -0.452 e. The predicted molar refractivity (Wildman–Crippen MR) is 150 cm³/mol. The summed E-state index contributed by atoms with van der Waals surface area (Å²) in [6, 6.07) is 16.3. The van der Waals surface area contributed by atoms with E-state index in [0.29, 0.717) is 17.0 Å². The quantitative estimate of drug-likeness (QED) is 0.132. The molecule has 0 aliphatic carbocycles. The summed E-state index contributed by atoms with van der Waals surface area (Å²) < 4.78 is 36.0. The van der Waals surface area contributed by atoms with Gasteiger partial charge in [-0.2, -0.15) is 5.10 Å². The second-order valence-corrected chi connectivity index (χ2v) is 8.87. The third kappa shape index (κ3) is 5.88. The van der Waals surface area contributed by atoms with Crippen LogP contribution in [0.3, 0.4) is 0 Å². The van der Waals surface area contributed by atoms with Gasteiger partial charge in [-0.25, -0.2) is 13.3 Å². The average molecular weight is 555 g/mol. The molecule has 0 radical (unpaired) electrons. The van der Waals surface area contributed by atoms with Gasteiger partial charge >= 0.3 is 0 Å². The number of nitrogens with zero attached hydrogens (tertiary/aromatic N) is 3. The Morgan fingerprint density at radius 2 is 1.51 bits per heavy atom. The predicted octanol–water partition coefficient (Wildman–Crippen LogP) is 5.54. The van der Waals surface area contributed by atoms with Crippen molar-refractivity contribution in [2.24, 2.45) is 0 Å². The van der Waals surface area contributed by atoms with E-state index in [1.807, 2.05) is 18.2 Å². The first-order valence-corrected chi connectivity index (χ1v) is 12.4. The Bertz CT molecular complexity index is 1770. The molecule has 5 aromatic rings. The van der Waals surface area contributed by atoms with E-state index < -0.39 is 23.4 Å². The second-order valence-electron chi connectivity index (χ2n) is 8.87. The summed E-state index contributed by atoms with van der Waals surface area (Å²) in [5.41, 5.74) is 2.82. The Balaban J connectivity index is 1.36. The molecule has 0 fully saturated rings. The molecule has 0 atom stereocenters. The molecule has 0 aliphatic rings. The lowest BCUT2D eigenvalue weighted by Crippen LogP contribution is -2.29. The Hall–Kier alpha value is -5.58. The van der Waals surface area contributed by atoms with Crippen molar-refractivity contribution in [3.05, 3.63) is 114 Å². The van der Waals surface area contributed by atoms with Crippen LogP contribution < -0.4 is 20.7 Å². The first-order chi connectivity index (χ1) is 19.8. The van der Waals surface area contributed by atoms with Crippen LogP contribution in [0.25, 0.3) is 16.6 Å². The van der Waals surface area contributed by atoms with E-state index in [9.17, 15) is 14.0 Å². The fourth-order valence-corrected chi connectivity index (χ4v) is 4.13. The molecule has 0 bridgehead atoms. The van der Waals surface area contributed by atoms with Gasteiger partial charge in [-0.3, -0.25) is 14.6 Å². The highest BCUT2D eigenvalue weighted by Gasteiger charge is 2.22. The van der Waals surface area contributed by atoms with Crippen molar-refractivity contribution in [2.45, 2.75) is 6.92 Å². The average Bonchev–Trinajstić information content (AvgIpc) is 3.41. The largest absolute Gasteiger partial charge is 0.452 e. The summed E-state index contributed by atoms with van der Waals surface area (Å²) in [6.45, 7) is 1.55. The number of amides is 2. The molecule has 5 rings (SSSR count). The first kappa shape index (κ1) is 27.0. The number of carbonyl (C=O) groups excluding carboxylic acids is 2. The summed E-state index contributed by atoms with van der Waals surface area (Å²) in [5, 5.41) is 12.2. The maximum Gasteiger partial charge on any atom is 0.263 e. The highest BCUT2D eigenvalue weighted by molar-refractivity contribution is 6.26. The molecule has 0 saturated carbocycles. The van der Waals surface area contributed by atoms with E-state index in [1.54, 1.807) is 49.3 Å². The van der Waals surface area contributed by atoms with Crippen LogP contribution in [0, 0.1) is 11.6 Å². The lowest BCUT2D eigenvalue weighted by Gasteiger charge is -2.14. The Kier molecular flexibility index (Phi) is 7.68. The minimum atomic E-state index is -0.768. The van der Waals surface area contributed by atoms with Crippen molar-refractivity contribution in [3.8, 4) is 22.6 Å². The van der Waals surface area contributed by atoms with E-state index in [4.69, 9.17) is 4.74 Å². The highest BCUT2D eigenvalue weighted by atomic mass is 19.1. The van der Waals surface area contributed by atoms with Crippen LogP contribution in [0.1, 0.15) is 6.92 Å². The number of carbonyl (C=O) groups is 2. The van der Waals surface area contributed by atoms with E-state index >= 15 is 4.39 Å². The van der Waals surface area contributed by atoms with E-state index in [0.717, 1.165) is 17.2 Å². The fourth-order valence-electron chi connectivity index (χ4n) is 4.13. The van der Waals surface area contributed by atoms with Gasteiger partial charge in [-0.1, -0.05) is 0 Å². The summed E-state index contributed by atoms with van der Waals surface area (Å²) in [6.07, 6.45) is 6.67. The number of hydrogen-bond acceptors (Lipinski definition) is 6. The normalized spacial score (nSPS) is 11.5. The number of anilines is 2. The minimum absolute atomic E-state index is 0.0748. The number of aromatic nitrogens is 3. The zero-order valence-electron chi connectivity index (χ0n) is 22.0. The SMILES string of the molecule is CN/C(C)=C(\C(=O)Nc1ccc(F)cc1)C(=O)Nc1ccc(Oc2ccnn3ccc(-c4ccncc4)c23)c(F)c1. The van der Waals surface area contributed by atoms with Crippen molar-refractivity contribution >= 4 is 28.7 Å². The van der Waals surface area contributed by atoms with Crippen LogP contribution in [0.2, 0.25) is 0 Å². The van der Waals surface area contributed by atoms with Gasteiger partial charge in [0.1, 0.15) is 16.9 Å². The number of ether oxygens (including phenoxy) is 1. The number of allylic oxidation sites excluding steroid dienone is 1. The van der Waals surface area contributed by atoms with Gasteiger partial charge < -0.3 is 20.7 Å². The molecule has 206 valence electrons. The lowest BCUT2D eigenvalue weighted by atomic mass is 10.1. The molecule has 0 saturated heterocycles. The molecule has 2 aromatic carbocycles. The van der Waals surface area contributed by atoms with Gasteiger partial charge in [0, 0.05) is 60.4 Å². The summed E-state index contributed by atoms with van der Waals surface area (Å²) in [4.78, 5) is 30.0. The van der Waals surface area contributed by atoms with E-state index in [-0.39, 0.29) is 22.7 Å². The lowest BCUT2D eigenvalue weighted by molar-refractivity contribution is -0.118. The van der Waals surface area contributed by atoms with Crippen LogP contribution in [-0.4, -0.2) is 33.5 Å². The third-order valence-corrected chi connectivity index (χ3v) is 6.22. The molecular formula is C30H24F2N6O3. The van der Waals surface area contributed by atoms with Crippen LogP contribution in [0.4, 0.5) is 20.2 Å². The number of pyridine rings is 1. The number of rotatable bonds is 8. The Morgan fingerprint density at radius 1 is 0.829 bits per heavy atom. The Morgan fingerprint density at radius 3 is 2.20 bits per heavy atom. The van der Waals surface area contributed by atoms with Gasteiger partial charge in [0.15, 0.2) is 17.3 Å². The molecule has 2 amide bonds. The van der Waals surface area contributed by atoms with Crippen molar-refractivity contribution < 1.29 is 23.1 Å². The van der Waals surface area contributed by atoms with Crippen LogP contribution in [-0.2, 0) is 9.59 Å². The monoisotopic (exact) mass is 554 g/mol. The highest BCUT2D eigenvalue weighted by Crippen LogP contribution is 2.35. The van der Waals surface area contributed by atoms with Gasteiger partial charge in [-0.05, 0) is 67.1 Å².